The quantitative estimate of drug-likeness (QED) is 0.829. The van der Waals surface area contributed by atoms with Crippen molar-refractivity contribution >= 4 is 0 Å². The maximum atomic E-state index is 6.32. The van der Waals surface area contributed by atoms with E-state index in [1.807, 2.05) is 0 Å². The Morgan fingerprint density at radius 2 is 1.74 bits per heavy atom. The molecule has 112 valence electrons. The first-order chi connectivity index (χ1) is 8.90. The monoisotopic (exact) mass is 266 g/mol. The second-order valence-electron chi connectivity index (χ2n) is 7.80. The number of piperidine rings is 1. The summed E-state index contributed by atoms with van der Waals surface area (Å²) in [5, 5.41) is 0. The third-order valence-corrected chi connectivity index (χ3v) is 6.27. The van der Waals surface area contributed by atoms with Crippen LogP contribution in [0.2, 0.25) is 0 Å². The van der Waals surface area contributed by atoms with E-state index < -0.39 is 0 Å². The number of hydrogen-bond donors (Lipinski definition) is 1. The van der Waals surface area contributed by atoms with Crippen LogP contribution in [-0.4, -0.2) is 29.6 Å². The molecule has 1 heterocycles. The molecule has 0 spiro atoms. The number of rotatable bonds is 2. The Morgan fingerprint density at radius 3 is 2.32 bits per heavy atom. The van der Waals surface area contributed by atoms with E-state index >= 15 is 0 Å². The predicted octanol–water partition coefficient (Wildman–Crippen LogP) is 3.51. The van der Waals surface area contributed by atoms with Crippen LogP contribution in [-0.2, 0) is 0 Å². The van der Waals surface area contributed by atoms with Gasteiger partial charge < -0.3 is 5.73 Å². The zero-order valence-electron chi connectivity index (χ0n) is 13.7. The van der Waals surface area contributed by atoms with Crippen molar-refractivity contribution in [1.82, 2.24) is 4.90 Å². The lowest BCUT2D eigenvalue weighted by atomic mass is 9.67. The topological polar surface area (TPSA) is 29.3 Å². The van der Waals surface area contributed by atoms with Gasteiger partial charge in [0.05, 0.1) is 0 Å². The van der Waals surface area contributed by atoms with Crippen molar-refractivity contribution in [2.45, 2.75) is 71.9 Å². The summed E-state index contributed by atoms with van der Waals surface area (Å²) < 4.78 is 0. The molecule has 6 unspecified atom stereocenters. The molecule has 6 atom stereocenters. The third kappa shape index (κ3) is 2.71. The first kappa shape index (κ1) is 15.3. The summed E-state index contributed by atoms with van der Waals surface area (Å²) >= 11 is 0. The standard InChI is InChI=1S/C17H34N2/c1-12-6-7-17(11-18,15(4)9-12)19-10-13(2)8-14(3)16(19)5/h12-16H,6-11,18H2,1-5H3. The van der Waals surface area contributed by atoms with Gasteiger partial charge in [-0.15, -0.1) is 0 Å². The number of likely N-dealkylation sites (tertiary alicyclic amines) is 1. The predicted molar refractivity (Wildman–Crippen MR) is 83.1 cm³/mol. The molecule has 0 aromatic carbocycles. The first-order valence-corrected chi connectivity index (χ1v) is 8.37. The van der Waals surface area contributed by atoms with E-state index in [1.165, 1.54) is 32.2 Å². The normalized spacial score (nSPS) is 49.3. The molecule has 0 bridgehead atoms. The van der Waals surface area contributed by atoms with Gasteiger partial charge in [0.15, 0.2) is 0 Å². The van der Waals surface area contributed by atoms with Crippen LogP contribution in [0.5, 0.6) is 0 Å². The van der Waals surface area contributed by atoms with E-state index in [4.69, 9.17) is 5.73 Å². The first-order valence-electron chi connectivity index (χ1n) is 8.37. The molecular weight excluding hydrogens is 232 g/mol. The van der Waals surface area contributed by atoms with Gasteiger partial charge in [-0.05, 0) is 56.3 Å². The summed E-state index contributed by atoms with van der Waals surface area (Å²) in [6.07, 6.45) is 5.38. The molecule has 0 aromatic heterocycles. The minimum atomic E-state index is 0.273. The minimum absolute atomic E-state index is 0.273. The van der Waals surface area contributed by atoms with E-state index in [0.29, 0.717) is 6.04 Å². The second-order valence-corrected chi connectivity index (χ2v) is 7.80. The van der Waals surface area contributed by atoms with Gasteiger partial charge in [0.1, 0.15) is 0 Å². The van der Waals surface area contributed by atoms with E-state index in [-0.39, 0.29) is 5.54 Å². The highest BCUT2D eigenvalue weighted by atomic mass is 15.3. The lowest BCUT2D eigenvalue weighted by Gasteiger charge is -2.57. The van der Waals surface area contributed by atoms with Crippen LogP contribution in [0.25, 0.3) is 0 Å². The third-order valence-electron chi connectivity index (χ3n) is 6.27. The van der Waals surface area contributed by atoms with E-state index in [0.717, 1.165) is 30.2 Å². The molecule has 1 saturated carbocycles. The van der Waals surface area contributed by atoms with Crippen molar-refractivity contribution in [2.75, 3.05) is 13.1 Å². The van der Waals surface area contributed by atoms with E-state index in [1.54, 1.807) is 0 Å². The fraction of sp³-hybridized carbons (Fsp3) is 1.00. The Balaban J connectivity index is 2.24. The summed E-state index contributed by atoms with van der Waals surface area (Å²) in [4.78, 5) is 2.81. The average Bonchev–Trinajstić information content (AvgIpc) is 2.35. The summed E-state index contributed by atoms with van der Waals surface area (Å²) in [5.74, 6) is 3.24. The zero-order chi connectivity index (χ0) is 14.2. The van der Waals surface area contributed by atoms with Crippen molar-refractivity contribution < 1.29 is 0 Å². The van der Waals surface area contributed by atoms with Crippen molar-refractivity contribution in [2.24, 2.45) is 29.4 Å². The van der Waals surface area contributed by atoms with Gasteiger partial charge >= 0.3 is 0 Å². The molecule has 2 N–H and O–H groups in total. The molecule has 1 aliphatic carbocycles. The smallest absolute Gasteiger partial charge is 0.0360 e. The van der Waals surface area contributed by atoms with E-state index in [9.17, 15) is 0 Å². The Morgan fingerprint density at radius 1 is 1.05 bits per heavy atom. The van der Waals surface area contributed by atoms with Gasteiger partial charge in [-0.2, -0.15) is 0 Å². The van der Waals surface area contributed by atoms with Gasteiger partial charge in [0.2, 0.25) is 0 Å². The fourth-order valence-electron chi connectivity index (χ4n) is 4.83. The minimum Gasteiger partial charge on any atom is -0.329 e. The average molecular weight is 266 g/mol. The SMILES string of the molecule is CC1CCC(CN)(N2CC(C)CC(C)C2C)C(C)C1. The Hall–Kier alpha value is -0.0800. The molecule has 1 aliphatic heterocycles. The van der Waals surface area contributed by atoms with Crippen molar-refractivity contribution in [3.05, 3.63) is 0 Å². The second kappa shape index (κ2) is 5.73. The Kier molecular flexibility index (Phi) is 4.62. The van der Waals surface area contributed by atoms with Crippen LogP contribution in [0, 0.1) is 23.7 Å². The fourth-order valence-corrected chi connectivity index (χ4v) is 4.83. The molecule has 1 saturated heterocycles. The van der Waals surface area contributed by atoms with Gasteiger partial charge in [-0.1, -0.05) is 27.7 Å². The lowest BCUT2D eigenvalue weighted by Crippen LogP contribution is -2.65. The van der Waals surface area contributed by atoms with Crippen molar-refractivity contribution in [3.63, 3.8) is 0 Å². The molecule has 2 fully saturated rings. The van der Waals surface area contributed by atoms with Crippen molar-refractivity contribution in [3.8, 4) is 0 Å². The maximum absolute atomic E-state index is 6.32. The summed E-state index contributed by atoms with van der Waals surface area (Å²) in [7, 11) is 0. The van der Waals surface area contributed by atoms with Crippen LogP contribution in [0.15, 0.2) is 0 Å². The van der Waals surface area contributed by atoms with Crippen LogP contribution >= 0.6 is 0 Å². The number of nitrogens with zero attached hydrogens (tertiary/aromatic N) is 1. The highest BCUT2D eigenvalue weighted by molar-refractivity contribution is 5.03. The van der Waals surface area contributed by atoms with Crippen LogP contribution in [0.1, 0.15) is 60.3 Å². The van der Waals surface area contributed by atoms with Gasteiger partial charge in [-0.25, -0.2) is 0 Å². The zero-order valence-corrected chi connectivity index (χ0v) is 13.7. The molecular formula is C17H34N2. The summed E-state index contributed by atoms with van der Waals surface area (Å²) in [6.45, 7) is 14.2. The molecule has 2 nitrogen and oxygen atoms in total. The maximum Gasteiger partial charge on any atom is 0.0360 e. The largest absolute Gasteiger partial charge is 0.329 e. The van der Waals surface area contributed by atoms with Crippen molar-refractivity contribution in [1.29, 1.82) is 0 Å². The van der Waals surface area contributed by atoms with Crippen LogP contribution in [0.4, 0.5) is 0 Å². The van der Waals surface area contributed by atoms with E-state index in [2.05, 4.69) is 39.5 Å². The molecule has 2 aliphatic rings. The lowest BCUT2D eigenvalue weighted by molar-refractivity contribution is -0.0684. The molecule has 0 amide bonds. The molecule has 19 heavy (non-hydrogen) atoms. The Bertz CT molecular complexity index is 304. The number of nitrogens with two attached hydrogens (primary N) is 1. The molecule has 2 heteroatoms. The number of hydrogen-bond acceptors (Lipinski definition) is 2. The highest BCUT2D eigenvalue weighted by Crippen LogP contribution is 2.44. The molecule has 0 aromatic rings. The van der Waals surface area contributed by atoms with Gasteiger partial charge in [0.25, 0.3) is 0 Å². The Labute approximate surface area is 120 Å². The van der Waals surface area contributed by atoms with Crippen LogP contribution < -0.4 is 5.73 Å². The molecule has 0 radical (unpaired) electrons. The van der Waals surface area contributed by atoms with Gasteiger partial charge in [0, 0.05) is 24.7 Å². The van der Waals surface area contributed by atoms with Crippen LogP contribution in [0.3, 0.4) is 0 Å². The summed E-state index contributed by atoms with van der Waals surface area (Å²) in [5.41, 5.74) is 6.59. The highest BCUT2D eigenvalue weighted by Gasteiger charge is 2.47. The van der Waals surface area contributed by atoms with Gasteiger partial charge in [-0.3, -0.25) is 4.90 Å². The summed E-state index contributed by atoms with van der Waals surface area (Å²) in [6, 6.07) is 0.690. The molecule has 2 rings (SSSR count).